The molecule has 4 nitrogen and oxygen atoms in total. The van der Waals surface area contributed by atoms with Gasteiger partial charge in [-0.3, -0.25) is 9.59 Å². The van der Waals surface area contributed by atoms with Crippen LogP contribution in [0.25, 0.3) is 0 Å². The van der Waals surface area contributed by atoms with Gasteiger partial charge in [0.15, 0.2) is 0 Å². The number of rotatable bonds is 4. The Balaban J connectivity index is 2.20. The summed E-state index contributed by atoms with van der Waals surface area (Å²) in [7, 11) is 0. The molecular weight excluding hydrogens is 260 g/mol. The van der Waals surface area contributed by atoms with Crippen molar-refractivity contribution < 1.29 is 9.59 Å². The monoisotopic (exact) mass is 280 g/mol. The van der Waals surface area contributed by atoms with Crippen LogP contribution in [0.1, 0.15) is 36.4 Å². The Bertz CT molecular complexity index is 491. The van der Waals surface area contributed by atoms with Gasteiger partial charge in [-0.15, -0.1) is 11.3 Å². The van der Waals surface area contributed by atoms with Crippen molar-refractivity contribution in [1.82, 2.24) is 10.2 Å². The summed E-state index contributed by atoms with van der Waals surface area (Å²) < 4.78 is 0. The van der Waals surface area contributed by atoms with Crippen LogP contribution in [0.3, 0.4) is 0 Å². The van der Waals surface area contributed by atoms with E-state index in [0.29, 0.717) is 19.4 Å². The number of carbonyl (C=O) groups is 2. The topological polar surface area (TPSA) is 49.4 Å². The molecule has 2 rings (SSSR count). The average molecular weight is 280 g/mol. The lowest BCUT2D eigenvalue weighted by Gasteiger charge is -2.41. The number of thiophene rings is 1. The first-order chi connectivity index (χ1) is 9.00. The standard InChI is InChI=1S/C14H20N2O2S/c1-4-14(5-2)13(18)16(9-12(17)15-14)8-11-7-6-10(3)19-11/h6-7H,4-5,8-9H2,1-3H3,(H,15,17). The molecule has 0 saturated carbocycles. The summed E-state index contributed by atoms with van der Waals surface area (Å²) in [6.45, 7) is 6.63. The van der Waals surface area contributed by atoms with E-state index < -0.39 is 5.54 Å². The Morgan fingerprint density at radius 3 is 2.53 bits per heavy atom. The molecule has 0 unspecified atom stereocenters. The molecule has 1 aliphatic heterocycles. The third-order valence-corrected chi connectivity index (χ3v) is 4.75. The Labute approximate surface area is 117 Å². The first-order valence-corrected chi connectivity index (χ1v) is 7.48. The Hall–Kier alpha value is -1.36. The van der Waals surface area contributed by atoms with Gasteiger partial charge in [0.2, 0.25) is 11.8 Å². The zero-order chi connectivity index (χ0) is 14.0. The zero-order valence-electron chi connectivity index (χ0n) is 11.7. The molecule has 1 aliphatic rings. The van der Waals surface area contributed by atoms with E-state index >= 15 is 0 Å². The minimum atomic E-state index is -0.707. The highest BCUT2D eigenvalue weighted by Crippen LogP contribution is 2.25. The van der Waals surface area contributed by atoms with Crippen molar-refractivity contribution in [3.8, 4) is 0 Å². The van der Waals surface area contributed by atoms with Crippen molar-refractivity contribution in [3.05, 3.63) is 21.9 Å². The Morgan fingerprint density at radius 2 is 2.00 bits per heavy atom. The van der Waals surface area contributed by atoms with Gasteiger partial charge in [-0.2, -0.15) is 0 Å². The van der Waals surface area contributed by atoms with Gasteiger partial charge in [0.25, 0.3) is 0 Å². The van der Waals surface area contributed by atoms with Crippen molar-refractivity contribution >= 4 is 23.2 Å². The van der Waals surface area contributed by atoms with Gasteiger partial charge in [-0.1, -0.05) is 13.8 Å². The number of piperazine rings is 1. The van der Waals surface area contributed by atoms with Gasteiger partial charge in [0.1, 0.15) is 12.1 Å². The van der Waals surface area contributed by atoms with E-state index in [0.717, 1.165) is 4.88 Å². The predicted octanol–water partition coefficient (Wildman–Crippen LogP) is 2.07. The Kier molecular flexibility index (Phi) is 3.94. The minimum Gasteiger partial charge on any atom is -0.340 e. The molecule has 1 aromatic heterocycles. The molecule has 0 aliphatic carbocycles. The van der Waals surface area contributed by atoms with E-state index in [9.17, 15) is 9.59 Å². The van der Waals surface area contributed by atoms with Crippen molar-refractivity contribution in [2.45, 2.75) is 45.7 Å². The molecule has 1 N–H and O–H groups in total. The van der Waals surface area contributed by atoms with Crippen LogP contribution in [0.4, 0.5) is 0 Å². The maximum atomic E-state index is 12.6. The van der Waals surface area contributed by atoms with Gasteiger partial charge >= 0.3 is 0 Å². The lowest BCUT2D eigenvalue weighted by molar-refractivity contribution is -0.150. The first kappa shape index (κ1) is 14.1. The van der Waals surface area contributed by atoms with Crippen LogP contribution < -0.4 is 5.32 Å². The molecule has 0 atom stereocenters. The second-order valence-corrected chi connectivity index (χ2v) is 6.38. The maximum absolute atomic E-state index is 12.6. The van der Waals surface area contributed by atoms with Crippen molar-refractivity contribution in [1.29, 1.82) is 0 Å². The summed E-state index contributed by atoms with van der Waals surface area (Å²) in [4.78, 5) is 28.5. The van der Waals surface area contributed by atoms with Crippen LogP contribution in [0.2, 0.25) is 0 Å². The smallest absolute Gasteiger partial charge is 0.249 e. The quantitative estimate of drug-likeness (QED) is 0.918. The molecule has 0 bridgehead atoms. The van der Waals surface area contributed by atoms with E-state index in [2.05, 4.69) is 5.32 Å². The minimum absolute atomic E-state index is 0.0446. The molecule has 104 valence electrons. The number of hydrogen-bond donors (Lipinski definition) is 1. The van der Waals surface area contributed by atoms with E-state index in [1.807, 2.05) is 32.9 Å². The predicted molar refractivity (Wildman–Crippen MR) is 75.9 cm³/mol. The summed E-state index contributed by atoms with van der Waals surface area (Å²) in [6.07, 6.45) is 1.27. The van der Waals surface area contributed by atoms with Gasteiger partial charge in [0.05, 0.1) is 6.54 Å². The van der Waals surface area contributed by atoms with E-state index in [1.54, 1.807) is 16.2 Å². The number of aryl methyl sites for hydroxylation is 1. The average Bonchev–Trinajstić information content (AvgIpc) is 2.79. The number of hydrogen-bond acceptors (Lipinski definition) is 3. The molecule has 1 saturated heterocycles. The maximum Gasteiger partial charge on any atom is 0.249 e. The van der Waals surface area contributed by atoms with Crippen LogP contribution in [0, 0.1) is 6.92 Å². The van der Waals surface area contributed by atoms with Crippen LogP contribution in [0.5, 0.6) is 0 Å². The molecule has 1 aromatic rings. The SMILES string of the molecule is CCC1(CC)NC(=O)CN(Cc2ccc(C)s2)C1=O. The van der Waals surface area contributed by atoms with Gasteiger partial charge in [-0.25, -0.2) is 0 Å². The fourth-order valence-electron chi connectivity index (χ4n) is 2.52. The number of nitrogens with one attached hydrogen (secondary N) is 1. The third-order valence-electron chi connectivity index (χ3n) is 3.76. The molecule has 0 radical (unpaired) electrons. The highest BCUT2D eigenvalue weighted by molar-refractivity contribution is 7.11. The number of amides is 2. The number of nitrogens with zero attached hydrogens (tertiary/aromatic N) is 1. The van der Waals surface area contributed by atoms with Crippen molar-refractivity contribution in [2.75, 3.05) is 6.54 Å². The molecule has 0 aromatic carbocycles. The Morgan fingerprint density at radius 1 is 1.32 bits per heavy atom. The summed E-state index contributed by atoms with van der Waals surface area (Å²) in [6, 6.07) is 4.07. The first-order valence-electron chi connectivity index (χ1n) is 6.66. The van der Waals surface area contributed by atoms with E-state index in [4.69, 9.17) is 0 Å². The highest BCUT2D eigenvalue weighted by Gasteiger charge is 2.43. The summed E-state index contributed by atoms with van der Waals surface area (Å²) in [5.74, 6) is -0.0141. The normalized spacial score (nSPS) is 18.6. The second-order valence-electron chi connectivity index (χ2n) is 5.01. The lowest BCUT2D eigenvalue weighted by Crippen LogP contribution is -2.65. The summed E-state index contributed by atoms with van der Waals surface area (Å²) in [5, 5.41) is 2.87. The highest BCUT2D eigenvalue weighted by atomic mass is 32.1. The molecule has 19 heavy (non-hydrogen) atoms. The molecular formula is C14H20N2O2S. The van der Waals surface area contributed by atoms with Crippen molar-refractivity contribution in [3.63, 3.8) is 0 Å². The molecule has 1 fully saturated rings. The van der Waals surface area contributed by atoms with Gasteiger partial charge in [-0.05, 0) is 31.9 Å². The van der Waals surface area contributed by atoms with E-state index in [-0.39, 0.29) is 18.4 Å². The van der Waals surface area contributed by atoms with Crippen molar-refractivity contribution in [2.24, 2.45) is 0 Å². The van der Waals surface area contributed by atoms with Gasteiger partial charge in [0, 0.05) is 9.75 Å². The molecule has 0 spiro atoms. The van der Waals surface area contributed by atoms with Crippen LogP contribution in [-0.4, -0.2) is 28.8 Å². The molecule has 2 amide bonds. The summed E-state index contributed by atoms with van der Waals surface area (Å²) >= 11 is 1.67. The fraction of sp³-hybridized carbons (Fsp3) is 0.571. The largest absolute Gasteiger partial charge is 0.340 e. The molecule has 2 heterocycles. The van der Waals surface area contributed by atoms with E-state index in [1.165, 1.54) is 4.88 Å². The third kappa shape index (κ3) is 2.66. The molecule has 5 heteroatoms. The number of carbonyl (C=O) groups excluding carboxylic acids is 2. The van der Waals surface area contributed by atoms with Crippen LogP contribution in [0.15, 0.2) is 12.1 Å². The lowest BCUT2D eigenvalue weighted by atomic mass is 9.89. The summed E-state index contributed by atoms with van der Waals surface area (Å²) in [5.41, 5.74) is -0.707. The fourth-order valence-corrected chi connectivity index (χ4v) is 3.43. The second kappa shape index (κ2) is 5.33. The zero-order valence-corrected chi connectivity index (χ0v) is 12.5. The van der Waals surface area contributed by atoms with Gasteiger partial charge < -0.3 is 10.2 Å². The van der Waals surface area contributed by atoms with Crippen LogP contribution in [-0.2, 0) is 16.1 Å². The van der Waals surface area contributed by atoms with Crippen LogP contribution >= 0.6 is 11.3 Å².